The summed E-state index contributed by atoms with van der Waals surface area (Å²) in [7, 11) is 0. The first-order valence-corrected chi connectivity index (χ1v) is 12.5. The molecule has 0 atom stereocenters. The van der Waals surface area contributed by atoms with Crippen LogP contribution in [0.1, 0.15) is 88.1 Å². The van der Waals surface area contributed by atoms with Crippen molar-refractivity contribution in [2.24, 2.45) is 0 Å². The molecular weight excluding hydrogens is 490 g/mol. The van der Waals surface area contributed by atoms with Crippen LogP contribution in [0, 0.1) is 0 Å². The van der Waals surface area contributed by atoms with Gasteiger partial charge in [-0.1, -0.05) is 0 Å². The molecule has 1 aromatic carbocycles. The monoisotopic (exact) mass is 527 g/mol. The summed E-state index contributed by atoms with van der Waals surface area (Å²) in [5.74, 6) is -0.381. The van der Waals surface area contributed by atoms with Crippen molar-refractivity contribution in [2.45, 2.75) is 78.6 Å². The number of carbonyl (C=O) groups is 3. The van der Waals surface area contributed by atoms with Gasteiger partial charge < -0.3 is 30.2 Å². The number of amides is 1. The molecule has 38 heavy (non-hydrogen) atoms. The Morgan fingerprint density at radius 2 is 1.84 bits per heavy atom. The van der Waals surface area contributed by atoms with Crippen molar-refractivity contribution in [3.63, 3.8) is 0 Å². The van der Waals surface area contributed by atoms with E-state index in [1.807, 2.05) is 33.8 Å². The molecule has 0 saturated carbocycles. The molecule has 1 aromatic heterocycles. The second-order valence-corrected chi connectivity index (χ2v) is 11.1. The Labute approximate surface area is 223 Å². The van der Waals surface area contributed by atoms with Crippen LogP contribution < -0.4 is 16.0 Å². The second-order valence-electron chi connectivity index (χ2n) is 11.1. The van der Waals surface area contributed by atoms with Crippen molar-refractivity contribution < 1.29 is 28.6 Å². The first-order valence-electron chi connectivity index (χ1n) is 12.5. The highest BCUT2D eigenvalue weighted by molar-refractivity contribution is 5.96. The van der Waals surface area contributed by atoms with Gasteiger partial charge >= 0.3 is 18.0 Å². The first-order chi connectivity index (χ1) is 17.6. The number of aromatic nitrogens is 2. The van der Waals surface area contributed by atoms with Crippen molar-refractivity contribution >= 4 is 35.5 Å². The van der Waals surface area contributed by atoms with Crippen molar-refractivity contribution in [2.75, 3.05) is 23.8 Å². The standard InChI is InChI=1S/C27H37N5O6/c1-9-36-21(33)18-15-29-23(30-16-10-11-17-19(14-16)27(7,8)37-22(17)34)31-20(18)28-13-12-26(5,6)32-24(35)38-25(2,3)4/h10-11,14-15H,9,12-13H2,1-8H3,(H,32,35)(H2,28,29,30,31). The SMILES string of the molecule is CCOC(=O)c1cnc(Nc2ccc3c(c2)C(C)(C)OC3=O)nc1NCCC(C)(C)NC(=O)OC(C)(C)C. The quantitative estimate of drug-likeness (QED) is 0.304. The third-order valence-corrected chi connectivity index (χ3v) is 5.66. The van der Waals surface area contributed by atoms with E-state index in [0.717, 1.165) is 5.56 Å². The lowest BCUT2D eigenvalue weighted by molar-refractivity contribution is 0.00948. The van der Waals surface area contributed by atoms with Crippen molar-refractivity contribution in [1.82, 2.24) is 15.3 Å². The van der Waals surface area contributed by atoms with Gasteiger partial charge in [0, 0.05) is 29.5 Å². The predicted octanol–water partition coefficient (Wildman–Crippen LogP) is 4.91. The summed E-state index contributed by atoms with van der Waals surface area (Å²) in [6.07, 6.45) is 1.40. The topological polar surface area (TPSA) is 141 Å². The van der Waals surface area contributed by atoms with Crippen LogP contribution in [0.2, 0.25) is 0 Å². The zero-order valence-corrected chi connectivity index (χ0v) is 23.3. The summed E-state index contributed by atoms with van der Waals surface area (Å²) in [6, 6.07) is 5.25. The van der Waals surface area contributed by atoms with Crippen molar-refractivity contribution in [1.29, 1.82) is 0 Å². The average molecular weight is 528 g/mol. The van der Waals surface area contributed by atoms with Gasteiger partial charge in [0.25, 0.3) is 0 Å². The number of nitrogens with zero attached hydrogens (tertiary/aromatic N) is 2. The highest BCUT2D eigenvalue weighted by Gasteiger charge is 2.37. The molecule has 0 unspecified atom stereocenters. The summed E-state index contributed by atoms with van der Waals surface area (Å²) in [6.45, 7) is 15.1. The number of rotatable bonds is 9. The van der Waals surface area contributed by atoms with Gasteiger partial charge in [0.2, 0.25) is 5.95 Å². The zero-order valence-electron chi connectivity index (χ0n) is 23.3. The maximum Gasteiger partial charge on any atom is 0.408 e. The van der Waals surface area contributed by atoms with Crippen LogP contribution in [0.4, 0.5) is 22.2 Å². The van der Waals surface area contributed by atoms with E-state index >= 15 is 0 Å². The Morgan fingerprint density at radius 1 is 1.13 bits per heavy atom. The highest BCUT2D eigenvalue weighted by atomic mass is 16.6. The van der Waals surface area contributed by atoms with Gasteiger partial charge in [-0.15, -0.1) is 0 Å². The van der Waals surface area contributed by atoms with Crippen molar-refractivity contribution in [3.8, 4) is 0 Å². The van der Waals surface area contributed by atoms with Gasteiger partial charge in [-0.2, -0.15) is 4.98 Å². The molecule has 0 radical (unpaired) electrons. The van der Waals surface area contributed by atoms with E-state index < -0.39 is 28.8 Å². The summed E-state index contributed by atoms with van der Waals surface area (Å²) in [5.41, 5.74) is 0.180. The van der Waals surface area contributed by atoms with Crippen LogP contribution in [0.25, 0.3) is 0 Å². The zero-order chi connectivity index (χ0) is 28.3. The van der Waals surface area contributed by atoms with Gasteiger partial charge in [-0.05, 0) is 80.0 Å². The normalized spacial score (nSPS) is 14.3. The van der Waals surface area contributed by atoms with E-state index in [2.05, 4.69) is 25.9 Å². The number of cyclic esters (lactones) is 1. The third-order valence-electron chi connectivity index (χ3n) is 5.66. The molecule has 11 heteroatoms. The number of alkyl carbamates (subject to hydrolysis) is 1. The van der Waals surface area contributed by atoms with E-state index in [9.17, 15) is 14.4 Å². The number of benzene rings is 1. The minimum absolute atomic E-state index is 0.185. The lowest BCUT2D eigenvalue weighted by atomic mass is 9.95. The minimum atomic E-state index is -0.744. The Morgan fingerprint density at radius 3 is 2.50 bits per heavy atom. The number of ether oxygens (including phenoxy) is 3. The number of fused-ring (bicyclic) bond motifs is 1. The number of hydrogen-bond donors (Lipinski definition) is 3. The number of hydrogen-bond acceptors (Lipinski definition) is 10. The predicted molar refractivity (Wildman–Crippen MR) is 143 cm³/mol. The smallest absolute Gasteiger partial charge is 0.408 e. The highest BCUT2D eigenvalue weighted by Crippen LogP contribution is 2.37. The van der Waals surface area contributed by atoms with Gasteiger partial charge in [0.1, 0.15) is 22.6 Å². The molecule has 206 valence electrons. The Kier molecular flexibility index (Phi) is 8.18. The maximum atomic E-state index is 12.5. The summed E-state index contributed by atoms with van der Waals surface area (Å²) < 4.78 is 15.9. The molecular formula is C27H37N5O6. The Balaban J connectivity index is 1.76. The van der Waals surface area contributed by atoms with Crippen LogP contribution in [0.3, 0.4) is 0 Å². The van der Waals surface area contributed by atoms with Crippen LogP contribution in [0.5, 0.6) is 0 Å². The first kappa shape index (κ1) is 28.7. The van der Waals surface area contributed by atoms with E-state index in [0.29, 0.717) is 24.2 Å². The van der Waals surface area contributed by atoms with Crippen molar-refractivity contribution in [3.05, 3.63) is 41.1 Å². The lowest BCUT2D eigenvalue weighted by Crippen LogP contribution is -2.46. The molecule has 0 aliphatic carbocycles. The number of carbonyl (C=O) groups excluding carboxylic acids is 3. The summed E-state index contributed by atoms with van der Waals surface area (Å²) in [4.78, 5) is 45.6. The third kappa shape index (κ3) is 7.33. The van der Waals surface area contributed by atoms with E-state index in [1.54, 1.807) is 39.8 Å². The molecule has 0 saturated heterocycles. The van der Waals surface area contributed by atoms with E-state index in [1.165, 1.54) is 6.20 Å². The number of esters is 2. The largest absolute Gasteiger partial charge is 0.462 e. The maximum absolute atomic E-state index is 12.5. The Bertz CT molecular complexity index is 1220. The molecule has 3 N–H and O–H groups in total. The van der Waals surface area contributed by atoms with Gasteiger partial charge in [-0.3, -0.25) is 0 Å². The van der Waals surface area contributed by atoms with Crippen LogP contribution in [-0.2, 0) is 19.8 Å². The van der Waals surface area contributed by atoms with Crippen LogP contribution in [-0.4, -0.2) is 52.3 Å². The molecule has 2 aromatic rings. The second kappa shape index (κ2) is 10.8. The van der Waals surface area contributed by atoms with Gasteiger partial charge in [0.15, 0.2) is 0 Å². The fraction of sp³-hybridized carbons (Fsp3) is 0.519. The van der Waals surface area contributed by atoms with E-state index in [-0.39, 0.29) is 29.9 Å². The average Bonchev–Trinajstić information content (AvgIpc) is 3.00. The number of anilines is 3. The molecule has 11 nitrogen and oxygen atoms in total. The molecule has 0 spiro atoms. The molecule has 1 aliphatic heterocycles. The van der Waals surface area contributed by atoms with Crippen LogP contribution >= 0.6 is 0 Å². The molecule has 1 aliphatic rings. The molecule has 0 bridgehead atoms. The van der Waals surface area contributed by atoms with Crippen LogP contribution in [0.15, 0.2) is 24.4 Å². The molecule has 2 heterocycles. The lowest BCUT2D eigenvalue weighted by Gasteiger charge is -2.28. The van der Waals surface area contributed by atoms with Gasteiger partial charge in [-0.25, -0.2) is 19.4 Å². The minimum Gasteiger partial charge on any atom is -0.462 e. The molecule has 1 amide bonds. The van der Waals surface area contributed by atoms with Gasteiger partial charge in [0.05, 0.1) is 12.2 Å². The number of nitrogens with one attached hydrogen (secondary N) is 3. The fourth-order valence-electron chi connectivity index (χ4n) is 3.84. The van der Waals surface area contributed by atoms with E-state index in [4.69, 9.17) is 14.2 Å². The molecule has 3 rings (SSSR count). The summed E-state index contributed by atoms with van der Waals surface area (Å²) in [5, 5.41) is 9.15. The Hall–Kier alpha value is -3.89. The molecule has 0 fully saturated rings. The summed E-state index contributed by atoms with van der Waals surface area (Å²) >= 11 is 0. The fourth-order valence-corrected chi connectivity index (χ4v) is 3.84.